The Morgan fingerprint density at radius 3 is 2.66 bits per heavy atom. The van der Waals surface area contributed by atoms with Crippen molar-refractivity contribution >= 4 is 17.7 Å². The fourth-order valence-corrected chi connectivity index (χ4v) is 5.36. The summed E-state index contributed by atoms with van der Waals surface area (Å²) < 4.78 is 7.60. The maximum absolute atomic E-state index is 13.0. The molecule has 2 aliphatic rings. The molecule has 5 rings (SSSR count). The van der Waals surface area contributed by atoms with Gasteiger partial charge in [-0.2, -0.15) is 0 Å². The lowest BCUT2D eigenvalue weighted by molar-refractivity contribution is 0.0214. The number of aromatic nitrogens is 5. The fourth-order valence-electron chi connectivity index (χ4n) is 5.02. The first-order valence-corrected chi connectivity index (χ1v) is 12.5. The molecule has 0 bridgehead atoms. The zero-order valence-corrected chi connectivity index (χ0v) is 21.4. The highest BCUT2D eigenvalue weighted by atomic mass is 35.5. The van der Waals surface area contributed by atoms with Gasteiger partial charge in [0.1, 0.15) is 11.9 Å². The lowest BCUT2D eigenvalue weighted by Crippen LogP contribution is -2.36. The standard InChI is InChI=1S/C26H31ClN6O2/c1-17-12-28-13-21(30-17)18-7-9-26(27,10-8-18)20-5-6-22-19(11-20)14-32(24(34)35-25(2,3)4)15-23-31-29-16-33(22)23/h5-6,11-13,16,18H,7-10,14-15H2,1-4H3. The lowest BCUT2D eigenvalue weighted by atomic mass is 9.76. The molecular weight excluding hydrogens is 464 g/mol. The van der Waals surface area contributed by atoms with E-state index in [9.17, 15) is 4.79 Å². The Hall–Kier alpha value is -3.00. The predicted octanol–water partition coefficient (Wildman–Crippen LogP) is 5.41. The summed E-state index contributed by atoms with van der Waals surface area (Å²) in [4.78, 5) is 23.2. The molecule has 8 nitrogen and oxygen atoms in total. The molecule has 0 radical (unpaired) electrons. The molecule has 0 saturated heterocycles. The first-order chi connectivity index (χ1) is 16.6. The van der Waals surface area contributed by atoms with Crippen LogP contribution in [0.3, 0.4) is 0 Å². The molecule has 1 aromatic carbocycles. The summed E-state index contributed by atoms with van der Waals surface area (Å²) in [6, 6.07) is 6.31. The molecule has 2 aromatic heterocycles. The number of hydrogen-bond acceptors (Lipinski definition) is 6. The van der Waals surface area contributed by atoms with Gasteiger partial charge in [-0.3, -0.25) is 19.4 Å². The molecule has 3 aromatic rings. The van der Waals surface area contributed by atoms with E-state index in [2.05, 4.69) is 38.4 Å². The number of rotatable bonds is 2. The van der Waals surface area contributed by atoms with Crippen LogP contribution in [0.1, 0.15) is 80.7 Å². The second kappa shape index (κ2) is 8.90. The van der Waals surface area contributed by atoms with E-state index in [1.54, 1.807) is 17.4 Å². The van der Waals surface area contributed by atoms with Gasteiger partial charge in [-0.05, 0) is 70.6 Å². The molecule has 9 heteroatoms. The van der Waals surface area contributed by atoms with Gasteiger partial charge in [-0.25, -0.2) is 4.79 Å². The SMILES string of the molecule is Cc1cncc(C2CCC(Cl)(c3ccc4c(c3)CN(C(=O)OC(C)(C)C)Cc3nncn3-4)CC2)n1. The fraction of sp³-hybridized carbons (Fsp3) is 0.500. The van der Waals surface area contributed by atoms with Crippen molar-refractivity contribution in [3.63, 3.8) is 0 Å². The van der Waals surface area contributed by atoms with Crippen LogP contribution < -0.4 is 0 Å². The normalized spacial score (nSPS) is 22.2. The lowest BCUT2D eigenvalue weighted by Gasteiger charge is -2.36. The number of aryl methyl sites for hydroxylation is 1. The summed E-state index contributed by atoms with van der Waals surface area (Å²) >= 11 is 7.26. The first kappa shape index (κ1) is 23.7. The van der Waals surface area contributed by atoms with Crippen LogP contribution in [0.25, 0.3) is 5.69 Å². The Balaban J connectivity index is 1.41. The molecule has 1 fully saturated rings. The van der Waals surface area contributed by atoms with Crippen LogP contribution in [0.15, 0.2) is 36.9 Å². The van der Waals surface area contributed by atoms with Crippen LogP contribution >= 0.6 is 11.6 Å². The molecule has 1 saturated carbocycles. The number of benzene rings is 1. The summed E-state index contributed by atoms with van der Waals surface area (Å²) in [5.41, 5.74) is 4.45. The Morgan fingerprint density at radius 2 is 1.94 bits per heavy atom. The van der Waals surface area contributed by atoms with Crippen LogP contribution in [0.4, 0.5) is 4.79 Å². The van der Waals surface area contributed by atoms with Crippen molar-refractivity contribution < 1.29 is 9.53 Å². The van der Waals surface area contributed by atoms with Gasteiger partial charge in [0.05, 0.1) is 35.0 Å². The number of hydrogen-bond donors (Lipinski definition) is 0. The third-order valence-corrected chi connectivity index (χ3v) is 7.39. The van der Waals surface area contributed by atoms with Crippen molar-refractivity contribution in [1.82, 2.24) is 29.6 Å². The molecule has 184 valence electrons. The van der Waals surface area contributed by atoms with Crippen LogP contribution in [0.5, 0.6) is 0 Å². The van der Waals surface area contributed by atoms with Crippen molar-refractivity contribution in [2.75, 3.05) is 0 Å². The highest BCUT2D eigenvalue weighted by molar-refractivity contribution is 6.24. The molecule has 35 heavy (non-hydrogen) atoms. The highest BCUT2D eigenvalue weighted by Gasteiger charge is 2.37. The van der Waals surface area contributed by atoms with E-state index in [1.165, 1.54) is 0 Å². The number of alkyl halides is 1. The molecular formula is C26H31ClN6O2. The Bertz CT molecular complexity index is 1240. The average molecular weight is 495 g/mol. The van der Waals surface area contributed by atoms with Crippen LogP contribution in [-0.2, 0) is 22.7 Å². The Morgan fingerprint density at radius 1 is 1.17 bits per heavy atom. The molecule has 1 aliphatic carbocycles. The minimum absolute atomic E-state index is 0.324. The number of amides is 1. The zero-order chi connectivity index (χ0) is 24.8. The average Bonchev–Trinajstić information content (AvgIpc) is 3.19. The summed E-state index contributed by atoms with van der Waals surface area (Å²) in [6.45, 7) is 8.32. The van der Waals surface area contributed by atoms with E-state index >= 15 is 0 Å². The molecule has 0 spiro atoms. The Labute approximate surface area is 210 Å². The van der Waals surface area contributed by atoms with Crippen LogP contribution in [0.2, 0.25) is 0 Å². The molecule has 0 N–H and O–H groups in total. The first-order valence-electron chi connectivity index (χ1n) is 12.1. The van der Waals surface area contributed by atoms with Gasteiger partial charge in [-0.15, -0.1) is 21.8 Å². The summed E-state index contributed by atoms with van der Waals surface area (Å²) in [5.74, 6) is 1.07. The molecule has 0 atom stereocenters. The number of ether oxygens (including phenoxy) is 1. The van der Waals surface area contributed by atoms with Crippen molar-refractivity contribution in [2.24, 2.45) is 0 Å². The van der Waals surface area contributed by atoms with E-state index < -0.39 is 10.5 Å². The van der Waals surface area contributed by atoms with Gasteiger partial charge in [0.2, 0.25) is 0 Å². The largest absolute Gasteiger partial charge is 0.444 e. The molecule has 1 amide bonds. The maximum Gasteiger partial charge on any atom is 0.411 e. The van der Waals surface area contributed by atoms with E-state index in [-0.39, 0.29) is 6.09 Å². The van der Waals surface area contributed by atoms with Crippen molar-refractivity contribution in [1.29, 1.82) is 0 Å². The second-order valence-corrected chi connectivity index (χ2v) is 11.3. The van der Waals surface area contributed by atoms with Gasteiger partial charge in [0.25, 0.3) is 0 Å². The molecule has 1 aliphatic heterocycles. The van der Waals surface area contributed by atoms with E-state index in [0.29, 0.717) is 24.8 Å². The van der Waals surface area contributed by atoms with Crippen LogP contribution in [-0.4, -0.2) is 41.3 Å². The minimum atomic E-state index is -0.581. The number of carbonyl (C=O) groups excluding carboxylic acids is 1. The van der Waals surface area contributed by atoms with Crippen molar-refractivity contribution in [2.45, 2.75) is 82.9 Å². The summed E-state index contributed by atoms with van der Waals surface area (Å²) in [6.07, 6.45) is 8.60. The second-order valence-electron chi connectivity index (χ2n) is 10.6. The van der Waals surface area contributed by atoms with E-state index in [0.717, 1.165) is 53.9 Å². The van der Waals surface area contributed by atoms with Gasteiger partial charge in [0, 0.05) is 18.3 Å². The van der Waals surface area contributed by atoms with Gasteiger partial charge in [-0.1, -0.05) is 12.1 Å². The van der Waals surface area contributed by atoms with E-state index in [4.69, 9.17) is 16.3 Å². The Kier molecular flexibility index (Phi) is 6.03. The number of halogens is 1. The summed E-state index contributed by atoms with van der Waals surface area (Å²) in [5, 5.41) is 8.32. The monoisotopic (exact) mass is 494 g/mol. The van der Waals surface area contributed by atoms with E-state index in [1.807, 2.05) is 38.5 Å². The minimum Gasteiger partial charge on any atom is -0.444 e. The maximum atomic E-state index is 13.0. The van der Waals surface area contributed by atoms with Crippen molar-refractivity contribution in [3.05, 3.63) is 65.3 Å². The quantitative estimate of drug-likeness (QED) is 0.443. The number of nitrogens with zero attached hydrogens (tertiary/aromatic N) is 6. The topological polar surface area (TPSA) is 86.0 Å². The van der Waals surface area contributed by atoms with Crippen LogP contribution in [0, 0.1) is 6.92 Å². The van der Waals surface area contributed by atoms with Gasteiger partial charge in [0.15, 0.2) is 5.82 Å². The van der Waals surface area contributed by atoms with Gasteiger partial charge >= 0.3 is 6.09 Å². The summed E-state index contributed by atoms with van der Waals surface area (Å²) in [7, 11) is 0. The van der Waals surface area contributed by atoms with Crippen molar-refractivity contribution in [3.8, 4) is 5.69 Å². The zero-order valence-electron chi connectivity index (χ0n) is 20.7. The third-order valence-electron chi connectivity index (χ3n) is 6.79. The third kappa shape index (κ3) is 4.89. The number of carbonyl (C=O) groups is 1. The smallest absolute Gasteiger partial charge is 0.411 e. The molecule has 0 unspecified atom stereocenters. The molecule has 3 heterocycles. The highest BCUT2D eigenvalue weighted by Crippen LogP contribution is 2.48. The number of fused-ring (bicyclic) bond motifs is 3. The van der Waals surface area contributed by atoms with Gasteiger partial charge < -0.3 is 4.74 Å². The predicted molar refractivity (Wildman–Crippen MR) is 132 cm³/mol.